The van der Waals surface area contributed by atoms with Crippen LogP contribution in [0.1, 0.15) is 79.7 Å². The molecule has 0 unspecified atom stereocenters. The average Bonchev–Trinajstić information content (AvgIpc) is 2.12. The van der Waals surface area contributed by atoms with Crippen LogP contribution in [0.3, 0.4) is 0 Å². The van der Waals surface area contributed by atoms with E-state index in [1.165, 1.54) is 0 Å². The first kappa shape index (κ1) is 10.4. The molecule has 0 amide bonds. The zero-order chi connectivity index (χ0) is 14.4. The van der Waals surface area contributed by atoms with Gasteiger partial charge in [0.05, 0.1) is 0 Å². The topological polar surface area (TPSA) is 0 Å². The third-order valence-electron chi connectivity index (χ3n) is 2.89. The molecule has 16 heavy (non-hydrogen) atoms. The zero-order valence-electron chi connectivity index (χ0n) is 13.7. The Morgan fingerprint density at radius 2 is 1.31 bits per heavy atom. The molecule has 0 saturated carbocycles. The van der Waals surface area contributed by atoms with Gasteiger partial charge in [-0.25, -0.2) is 0 Å². The van der Waals surface area contributed by atoms with Gasteiger partial charge in [-0.2, -0.15) is 0 Å². The summed E-state index contributed by atoms with van der Waals surface area (Å²) in [5.41, 5.74) is 3.17. The molecule has 0 aromatic heterocycles. The monoisotopic (exact) mass is 220 g/mol. The van der Waals surface area contributed by atoms with Gasteiger partial charge in [-0.1, -0.05) is 66.7 Å². The smallest absolute Gasteiger partial charge is 0.0347 e. The lowest BCUT2D eigenvalue weighted by Crippen LogP contribution is -2.18. The largest absolute Gasteiger partial charge is 0.0617 e. The lowest BCUT2D eigenvalue weighted by Gasteiger charge is -2.29. The number of hydrogen-bond acceptors (Lipinski definition) is 0. The van der Waals surface area contributed by atoms with Crippen LogP contribution in [-0.2, 0) is 5.41 Å². The minimum Gasteiger partial charge on any atom is -0.0617 e. The van der Waals surface area contributed by atoms with Gasteiger partial charge in [0.1, 0.15) is 0 Å². The van der Waals surface area contributed by atoms with Crippen LogP contribution in [0.5, 0.6) is 0 Å². The Hall–Kier alpha value is -0.780. The molecule has 0 aliphatic heterocycles. The van der Waals surface area contributed by atoms with Crippen molar-refractivity contribution >= 4 is 0 Å². The van der Waals surface area contributed by atoms with E-state index in [1.807, 2.05) is 45.9 Å². The molecule has 1 aromatic carbocycles. The van der Waals surface area contributed by atoms with Crippen molar-refractivity contribution in [2.75, 3.05) is 0 Å². The maximum Gasteiger partial charge on any atom is 0.0347 e. The number of benzene rings is 1. The molecule has 90 valence electrons. The molecular formula is C16H26. The number of rotatable bonds is 2. The quantitative estimate of drug-likeness (QED) is 0.640. The van der Waals surface area contributed by atoms with Crippen LogP contribution in [0.25, 0.3) is 0 Å². The molecule has 0 nitrogen and oxygen atoms in total. The summed E-state index contributed by atoms with van der Waals surface area (Å²) in [5, 5.41) is 0. The maximum atomic E-state index is 8.33. The van der Waals surface area contributed by atoms with Crippen LogP contribution >= 0.6 is 0 Å². The Kier molecular flexibility index (Phi) is 2.99. The van der Waals surface area contributed by atoms with Crippen LogP contribution in [0.2, 0.25) is 0 Å². The summed E-state index contributed by atoms with van der Waals surface area (Å²) in [6.45, 7) is 14.1. The first-order chi connectivity index (χ1) is 7.85. The van der Waals surface area contributed by atoms with Gasteiger partial charge < -0.3 is 0 Å². The van der Waals surface area contributed by atoms with Gasteiger partial charge in [0.2, 0.25) is 0 Å². The molecule has 0 atom stereocenters. The first-order valence-corrected chi connectivity index (χ1v) is 5.99. The van der Waals surface area contributed by atoms with E-state index in [9.17, 15) is 0 Å². The summed E-state index contributed by atoms with van der Waals surface area (Å²) in [7, 11) is 0. The van der Waals surface area contributed by atoms with E-state index in [0.29, 0.717) is 0 Å². The minimum atomic E-state index is -0.635. The minimum absolute atomic E-state index is 0.0530. The van der Waals surface area contributed by atoms with Gasteiger partial charge in [0.15, 0.2) is 0 Å². The van der Waals surface area contributed by atoms with Crippen LogP contribution in [-0.4, -0.2) is 0 Å². The predicted molar refractivity (Wildman–Crippen MR) is 73.3 cm³/mol. The van der Waals surface area contributed by atoms with Crippen LogP contribution in [0, 0.1) is 0 Å². The van der Waals surface area contributed by atoms with Crippen molar-refractivity contribution in [2.45, 2.75) is 65.7 Å². The molecule has 0 fully saturated rings. The van der Waals surface area contributed by atoms with E-state index in [1.54, 1.807) is 0 Å². The Morgan fingerprint density at radius 1 is 0.938 bits per heavy atom. The molecule has 0 radical (unpaired) electrons. The first-order valence-electron chi connectivity index (χ1n) is 6.99. The normalized spacial score (nSPS) is 15.7. The summed E-state index contributed by atoms with van der Waals surface area (Å²) in [6.07, 6.45) is 0. The van der Waals surface area contributed by atoms with E-state index in [2.05, 4.69) is 20.8 Å². The lowest BCUT2D eigenvalue weighted by atomic mass is 9.75. The highest BCUT2D eigenvalue weighted by Crippen LogP contribution is 2.36. The Bertz CT molecular complexity index is 394. The van der Waals surface area contributed by atoms with Crippen LogP contribution in [0.15, 0.2) is 18.2 Å². The molecule has 1 rings (SSSR count). The summed E-state index contributed by atoms with van der Waals surface area (Å²) in [5.74, 6) is -1.27. The van der Waals surface area contributed by atoms with Gasteiger partial charge in [-0.15, -0.1) is 0 Å². The molecular weight excluding hydrogens is 192 g/mol. The molecule has 0 spiro atoms. The van der Waals surface area contributed by atoms with Gasteiger partial charge >= 0.3 is 0 Å². The highest BCUT2D eigenvalue weighted by atomic mass is 14.3. The fourth-order valence-electron chi connectivity index (χ4n) is 2.19. The summed E-state index contributed by atoms with van der Waals surface area (Å²) in [6, 6.07) is 6.04. The third-order valence-corrected chi connectivity index (χ3v) is 2.89. The Labute approximate surface area is 104 Å². The standard InChI is InChI=1S/C16H26/c1-11(2)13-9-8-10-14(12(3)4)15(13)16(5,6)7/h8-12H,1-7H3/i11D,12D. The van der Waals surface area contributed by atoms with Crippen molar-refractivity contribution in [1.29, 1.82) is 0 Å². The third kappa shape index (κ3) is 2.66. The Morgan fingerprint density at radius 3 is 1.56 bits per heavy atom. The molecule has 0 N–H and O–H groups in total. The van der Waals surface area contributed by atoms with Crippen LogP contribution in [0.4, 0.5) is 0 Å². The van der Waals surface area contributed by atoms with Gasteiger partial charge in [0.25, 0.3) is 0 Å². The van der Waals surface area contributed by atoms with E-state index >= 15 is 0 Å². The Balaban J connectivity index is 3.68. The number of hydrogen-bond donors (Lipinski definition) is 0. The average molecular weight is 220 g/mol. The summed E-state index contributed by atoms with van der Waals surface area (Å²) >= 11 is 0. The zero-order valence-corrected chi connectivity index (χ0v) is 11.7. The molecule has 0 saturated heterocycles. The second-order valence-corrected chi connectivity index (χ2v) is 5.98. The van der Waals surface area contributed by atoms with Crippen molar-refractivity contribution in [3.63, 3.8) is 0 Å². The molecule has 0 heteroatoms. The maximum absolute atomic E-state index is 8.33. The summed E-state index contributed by atoms with van der Waals surface area (Å²) < 4.78 is 16.7. The van der Waals surface area contributed by atoms with Gasteiger partial charge in [0, 0.05) is 2.74 Å². The molecule has 0 heterocycles. The second-order valence-electron chi connectivity index (χ2n) is 5.98. The highest BCUT2D eigenvalue weighted by Gasteiger charge is 2.23. The van der Waals surface area contributed by atoms with Crippen molar-refractivity contribution in [1.82, 2.24) is 0 Å². The highest BCUT2D eigenvalue weighted by molar-refractivity contribution is 5.43. The molecule has 0 aliphatic rings. The second kappa shape index (κ2) is 4.61. The van der Waals surface area contributed by atoms with Gasteiger partial charge in [-0.05, 0) is 33.9 Å². The summed E-state index contributed by atoms with van der Waals surface area (Å²) in [4.78, 5) is 0. The lowest BCUT2D eigenvalue weighted by molar-refractivity contribution is 0.564. The molecule has 0 bridgehead atoms. The van der Waals surface area contributed by atoms with Gasteiger partial charge in [-0.3, -0.25) is 0 Å². The predicted octanol–water partition coefficient (Wildman–Crippen LogP) is 5.23. The fourth-order valence-corrected chi connectivity index (χ4v) is 2.19. The fraction of sp³-hybridized carbons (Fsp3) is 0.625. The van der Waals surface area contributed by atoms with Crippen molar-refractivity contribution < 1.29 is 2.74 Å². The van der Waals surface area contributed by atoms with E-state index in [0.717, 1.165) is 16.7 Å². The van der Waals surface area contributed by atoms with E-state index in [-0.39, 0.29) is 5.41 Å². The van der Waals surface area contributed by atoms with Crippen molar-refractivity contribution in [3.05, 3.63) is 34.9 Å². The van der Waals surface area contributed by atoms with Crippen molar-refractivity contribution in [2.24, 2.45) is 0 Å². The van der Waals surface area contributed by atoms with Crippen LogP contribution < -0.4 is 0 Å². The molecule has 1 aromatic rings. The van der Waals surface area contributed by atoms with Crippen molar-refractivity contribution in [3.8, 4) is 0 Å². The van der Waals surface area contributed by atoms with E-state index in [4.69, 9.17) is 2.74 Å². The SMILES string of the molecule is [2H]C(C)(C)c1cccc(C([2H])(C)C)c1C(C)(C)C. The molecule has 0 aliphatic carbocycles. The van der Waals surface area contributed by atoms with E-state index < -0.39 is 11.8 Å².